The molecule has 1 atom stereocenters. The van der Waals surface area contributed by atoms with Crippen molar-refractivity contribution in [2.45, 2.75) is 25.4 Å². The maximum absolute atomic E-state index is 12.9. The molecule has 1 aliphatic heterocycles. The van der Waals surface area contributed by atoms with Gasteiger partial charge < -0.3 is 10.2 Å². The number of anilines is 1. The summed E-state index contributed by atoms with van der Waals surface area (Å²) in [6, 6.07) is 13.2. The number of carbonyl (C=O) groups is 2. The molecule has 1 aliphatic rings. The lowest BCUT2D eigenvalue weighted by atomic mass is 10.0. The Hall–Kier alpha value is -2.73. The summed E-state index contributed by atoms with van der Waals surface area (Å²) in [6.45, 7) is 1.36. The van der Waals surface area contributed by atoms with Gasteiger partial charge in [-0.05, 0) is 43.7 Å². The van der Waals surface area contributed by atoms with Crippen molar-refractivity contribution >= 4 is 17.5 Å². The standard InChI is InChI=1S/C20H24N4O2/c1-23(15-19(25)22-14-16-7-5-11-21-13-16)18-10-6-12-24(20(18)26)17-8-3-2-4-9-17/h2-5,7-9,11,13,18H,6,10,12,14-15H2,1H3,(H,22,25). The van der Waals surface area contributed by atoms with Crippen LogP contribution in [0.25, 0.3) is 0 Å². The highest BCUT2D eigenvalue weighted by molar-refractivity contribution is 5.98. The van der Waals surface area contributed by atoms with Crippen LogP contribution in [-0.2, 0) is 16.1 Å². The zero-order valence-electron chi connectivity index (χ0n) is 15.0. The molecule has 2 aromatic rings. The summed E-state index contributed by atoms with van der Waals surface area (Å²) in [5, 5.41) is 2.88. The summed E-state index contributed by atoms with van der Waals surface area (Å²) in [5.74, 6) is -0.0361. The van der Waals surface area contributed by atoms with E-state index in [1.807, 2.05) is 59.3 Å². The number of hydrogen-bond acceptors (Lipinski definition) is 4. The highest BCUT2D eigenvalue weighted by atomic mass is 16.2. The molecule has 26 heavy (non-hydrogen) atoms. The minimum Gasteiger partial charge on any atom is -0.351 e. The van der Waals surface area contributed by atoms with Crippen molar-refractivity contribution in [1.29, 1.82) is 0 Å². The van der Waals surface area contributed by atoms with Gasteiger partial charge in [0.25, 0.3) is 0 Å². The largest absolute Gasteiger partial charge is 0.351 e. The molecule has 6 nitrogen and oxygen atoms in total. The van der Waals surface area contributed by atoms with Crippen LogP contribution in [0.2, 0.25) is 0 Å². The number of para-hydroxylation sites is 1. The number of carbonyl (C=O) groups excluding carboxylic acids is 2. The third-order valence-electron chi connectivity index (χ3n) is 4.62. The molecule has 2 heterocycles. The summed E-state index contributed by atoms with van der Waals surface area (Å²) in [6.07, 6.45) is 5.13. The second kappa shape index (κ2) is 8.58. The fourth-order valence-electron chi connectivity index (χ4n) is 3.23. The van der Waals surface area contributed by atoms with Crippen LogP contribution in [0.5, 0.6) is 0 Å². The molecule has 1 aromatic carbocycles. The van der Waals surface area contributed by atoms with Crippen LogP contribution in [0, 0.1) is 0 Å². The quantitative estimate of drug-likeness (QED) is 0.861. The Morgan fingerprint density at radius 1 is 1.27 bits per heavy atom. The van der Waals surface area contributed by atoms with Crippen LogP contribution in [0.4, 0.5) is 5.69 Å². The molecule has 0 bridgehead atoms. The maximum Gasteiger partial charge on any atom is 0.244 e. The minimum atomic E-state index is -0.270. The molecular weight excluding hydrogens is 328 g/mol. The summed E-state index contributed by atoms with van der Waals surface area (Å²) in [7, 11) is 1.83. The van der Waals surface area contributed by atoms with Crippen molar-refractivity contribution in [3.8, 4) is 0 Å². The normalized spacial score (nSPS) is 17.4. The molecule has 6 heteroatoms. The molecule has 2 amide bonds. The fourth-order valence-corrected chi connectivity index (χ4v) is 3.23. The van der Waals surface area contributed by atoms with Crippen molar-refractivity contribution < 1.29 is 9.59 Å². The first kappa shape index (κ1) is 18.1. The molecule has 136 valence electrons. The monoisotopic (exact) mass is 352 g/mol. The van der Waals surface area contributed by atoms with E-state index in [-0.39, 0.29) is 24.4 Å². The number of piperidine rings is 1. The van der Waals surface area contributed by atoms with Crippen molar-refractivity contribution in [1.82, 2.24) is 15.2 Å². The molecular formula is C20H24N4O2. The van der Waals surface area contributed by atoms with Gasteiger partial charge in [0, 0.05) is 31.2 Å². The van der Waals surface area contributed by atoms with Crippen molar-refractivity contribution in [3.05, 3.63) is 60.4 Å². The van der Waals surface area contributed by atoms with Gasteiger partial charge in [0.05, 0.1) is 12.6 Å². The number of amides is 2. The zero-order valence-corrected chi connectivity index (χ0v) is 15.0. The lowest BCUT2D eigenvalue weighted by molar-refractivity contribution is -0.127. The molecule has 0 saturated carbocycles. The Labute approximate surface area is 153 Å². The molecule has 0 radical (unpaired) electrons. The first-order chi connectivity index (χ1) is 12.6. The SMILES string of the molecule is CN(CC(=O)NCc1cccnc1)C1CCCN(c2ccccc2)C1=O. The molecule has 1 saturated heterocycles. The van der Waals surface area contributed by atoms with E-state index in [0.29, 0.717) is 6.54 Å². The molecule has 3 rings (SSSR count). The van der Waals surface area contributed by atoms with Gasteiger partial charge in [0.2, 0.25) is 11.8 Å². The first-order valence-corrected chi connectivity index (χ1v) is 8.87. The Kier molecular flexibility index (Phi) is 5.96. The summed E-state index contributed by atoms with van der Waals surface area (Å²) in [5.41, 5.74) is 1.86. The average molecular weight is 352 g/mol. The lowest BCUT2D eigenvalue weighted by Crippen LogP contribution is -2.53. The van der Waals surface area contributed by atoms with E-state index in [2.05, 4.69) is 10.3 Å². The smallest absolute Gasteiger partial charge is 0.244 e. The van der Waals surface area contributed by atoms with Gasteiger partial charge in [-0.15, -0.1) is 0 Å². The van der Waals surface area contributed by atoms with Crippen LogP contribution in [-0.4, -0.2) is 47.9 Å². The predicted octanol–water partition coefficient (Wildman–Crippen LogP) is 1.83. The summed E-state index contributed by atoms with van der Waals surface area (Å²) >= 11 is 0. The van der Waals surface area contributed by atoms with Crippen molar-refractivity contribution in [2.75, 3.05) is 25.0 Å². The number of rotatable bonds is 6. The Morgan fingerprint density at radius 3 is 2.81 bits per heavy atom. The number of aromatic nitrogens is 1. The second-order valence-corrected chi connectivity index (χ2v) is 6.54. The Balaban J connectivity index is 1.55. The van der Waals surface area contributed by atoms with Crippen molar-refractivity contribution in [3.63, 3.8) is 0 Å². The highest BCUT2D eigenvalue weighted by Crippen LogP contribution is 2.22. The van der Waals surface area contributed by atoms with E-state index in [1.165, 1.54) is 0 Å². The van der Waals surface area contributed by atoms with Crippen molar-refractivity contribution in [2.24, 2.45) is 0 Å². The minimum absolute atomic E-state index is 0.0602. The number of nitrogens with one attached hydrogen (secondary N) is 1. The molecule has 1 unspecified atom stereocenters. The molecule has 0 spiro atoms. The number of pyridine rings is 1. The van der Waals surface area contributed by atoms with Crippen LogP contribution in [0.3, 0.4) is 0 Å². The molecule has 0 aliphatic carbocycles. The van der Waals surface area contributed by atoms with E-state index in [4.69, 9.17) is 0 Å². The predicted molar refractivity (Wildman–Crippen MR) is 101 cm³/mol. The average Bonchev–Trinajstić information content (AvgIpc) is 2.68. The number of nitrogens with zero attached hydrogens (tertiary/aromatic N) is 3. The van der Waals surface area contributed by atoms with Gasteiger partial charge >= 0.3 is 0 Å². The van der Waals surface area contributed by atoms with E-state index in [9.17, 15) is 9.59 Å². The summed E-state index contributed by atoms with van der Waals surface area (Å²) in [4.78, 5) is 32.8. The van der Waals surface area contributed by atoms with Gasteiger partial charge in [0.1, 0.15) is 0 Å². The van der Waals surface area contributed by atoms with Gasteiger partial charge in [-0.25, -0.2) is 0 Å². The molecule has 1 N–H and O–H groups in total. The van der Waals surface area contributed by atoms with Gasteiger partial charge in [-0.1, -0.05) is 24.3 Å². The van der Waals surface area contributed by atoms with E-state index < -0.39 is 0 Å². The van der Waals surface area contributed by atoms with E-state index in [1.54, 1.807) is 12.4 Å². The summed E-state index contributed by atoms with van der Waals surface area (Å²) < 4.78 is 0. The topological polar surface area (TPSA) is 65.5 Å². The van der Waals surface area contributed by atoms with E-state index in [0.717, 1.165) is 30.6 Å². The zero-order chi connectivity index (χ0) is 18.4. The number of likely N-dealkylation sites (N-methyl/N-ethyl adjacent to an activating group) is 1. The maximum atomic E-state index is 12.9. The van der Waals surface area contributed by atoms with Crippen LogP contribution < -0.4 is 10.2 Å². The fraction of sp³-hybridized carbons (Fsp3) is 0.350. The van der Waals surface area contributed by atoms with E-state index >= 15 is 0 Å². The Bertz CT molecular complexity index is 736. The lowest BCUT2D eigenvalue weighted by Gasteiger charge is -2.36. The van der Waals surface area contributed by atoms with Gasteiger partial charge in [0.15, 0.2) is 0 Å². The number of benzene rings is 1. The van der Waals surface area contributed by atoms with Crippen LogP contribution >= 0.6 is 0 Å². The first-order valence-electron chi connectivity index (χ1n) is 8.87. The van der Waals surface area contributed by atoms with Crippen LogP contribution in [0.15, 0.2) is 54.9 Å². The Morgan fingerprint density at radius 2 is 2.08 bits per heavy atom. The van der Waals surface area contributed by atoms with Gasteiger partial charge in [-0.3, -0.25) is 19.5 Å². The molecule has 1 aromatic heterocycles. The van der Waals surface area contributed by atoms with Crippen LogP contribution in [0.1, 0.15) is 18.4 Å². The molecule has 1 fully saturated rings. The third kappa shape index (κ3) is 4.46. The third-order valence-corrected chi connectivity index (χ3v) is 4.62. The number of hydrogen-bond donors (Lipinski definition) is 1. The second-order valence-electron chi connectivity index (χ2n) is 6.54. The highest BCUT2D eigenvalue weighted by Gasteiger charge is 2.32. The van der Waals surface area contributed by atoms with Gasteiger partial charge in [-0.2, -0.15) is 0 Å².